The Kier molecular flexibility index (Phi) is 4.99. The normalized spacial score (nSPS) is 10.2. The van der Waals surface area contributed by atoms with Crippen molar-refractivity contribution in [2.75, 3.05) is 7.11 Å². The number of thiophene rings is 1. The molecule has 0 radical (unpaired) electrons. The van der Waals surface area contributed by atoms with E-state index in [0.717, 1.165) is 21.2 Å². The molecule has 0 unspecified atom stereocenters. The van der Waals surface area contributed by atoms with Gasteiger partial charge in [-0.15, -0.1) is 11.3 Å². The summed E-state index contributed by atoms with van der Waals surface area (Å²) in [6, 6.07) is 7.77. The summed E-state index contributed by atoms with van der Waals surface area (Å²) in [4.78, 5) is 17.5. The Morgan fingerprint density at radius 1 is 1.48 bits per heavy atom. The number of methoxy groups -OCH3 is 1. The lowest BCUT2D eigenvalue weighted by molar-refractivity contribution is 0.0606. The number of carbonyl (C=O) groups excluding carboxylic acids is 1. The molecular weight excluding hydrogens is 304 g/mol. The molecule has 2 rings (SSSR count). The van der Waals surface area contributed by atoms with Crippen LogP contribution in [0.15, 0.2) is 23.2 Å². The smallest absolute Gasteiger partial charge is 0.348 e. The van der Waals surface area contributed by atoms with E-state index in [9.17, 15) is 10.1 Å². The third-order valence-electron chi connectivity index (χ3n) is 2.82. The number of carbonyl (C=O) groups is 1. The van der Waals surface area contributed by atoms with E-state index in [1.807, 2.05) is 26.0 Å². The Morgan fingerprint density at radius 2 is 2.24 bits per heavy atom. The molecule has 0 aromatic carbocycles. The highest BCUT2D eigenvalue weighted by molar-refractivity contribution is 7.98. The van der Waals surface area contributed by atoms with Gasteiger partial charge in [-0.25, -0.2) is 9.78 Å². The summed E-state index contributed by atoms with van der Waals surface area (Å²) in [6.07, 6.45) is 0. The van der Waals surface area contributed by atoms with Crippen LogP contribution >= 0.6 is 23.1 Å². The second kappa shape index (κ2) is 6.74. The molecule has 0 aliphatic heterocycles. The molecule has 2 aromatic heterocycles. The van der Waals surface area contributed by atoms with Crippen LogP contribution in [0.3, 0.4) is 0 Å². The number of ether oxygens (including phenoxy) is 1. The maximum absolute atomic E-state index is 11.4. The van der Waals surface area contributed by atoms with E-state index in [0.29, 0.717) is 16.2 Å². The zero-order chi connectivity index (χ0) is 15.4. The summed E-state index contributed by atoms with van der Waals surface area (Å²) < 4.78 is 4.69. The van der Waals surface area contributed by atoms with Crippen LogP contribution in [-0.2, 0) is 10.5 Å². The fourth-order valence-electron chi connectivity index (χ4n) is 1.85. The molecule has 0 bridgehead atoms. The van der Waals surface area contributed by atoms with Gasteiger partial charge in [-0.2, -0.15) is 5.26 Å². The minimum absolute atomic E-state index is 0.321. The van der Waals surface area contributed by atoms with Gasteiger partial charge in [-0.1, -0.05) is 11.8 Å². The first-order valence-electron chi connectivity index (χ1n) is 6.23. The molecule has 0 aliphatic carbocycles. The maximum atomic E-state index is 11.4. The third-order valence-corrected chi connectivity index (χ3v) is 5.09. The minimum Gasteiger partial charge on any atom is -0.465 e. The van der Waals surface area contributed by atoms with Crippen LogP contribution in [0.25, 0.3) is 0 Å². The van der Waals surface area contributed by atoms with Crippen LogP contribution in [0, 0.1) is 25.2 Å². The first-order chi connectivity index (χ1) is 10.0. The maximum Gasteiger partial charge on any atom is 0.348 e. The highest BCUT2D eigenvalue weighted by Gasteiger charge is 2.12. The number of hydrogen-bond acceptors (Lipinski definition) is 6. The molecule has 0 N–H and O–H groups in total. The van der Waals surface area contributed by atoms with Gasteiger partial charge in [0, 0.05) is 16.3 Å². The van der Waals surface area contributed by atoms with Crippen LogP contribution in [0.1, 0.15) is 31.4 Å². The summed E-state index contributed by atoms with van der Waals surface area (Å²) in [6.45, 7) is 3.83. The summed E-state index contributed by atoms with van der Waals surface area (Å²) >= 11 is 2.91. The fourth-order valence-corrected chi connectivity index (χ4v) is 3.92. The lowest BCUT2D eigenvalue weighted by Gasteiger charge is -2.06. The third kappa shape index (κ3) is 3.63. The topological polar surface area (TPSA) is 63.0 Å². The molecular formula is C15H14N2O2S2. The van der Waals surface area contributed by atoms with Crippen LogP contribution in [-0.4, -0.2) is 18.1 Å². The molecule has 2 aromatic rings. The van der Waals surface area contributed by atoms with Crippen LogP contribution in [0.2, 0.25) is 0 Å². The molecule has 0 aliphatic rings. The molecule has 0 saturated carbocycles. The Labute approximate surface area is 131 Å². The van der Waals surface area contributed by atoms with Crippen molar-refractivity contribution < 1.29 is 9.53 Å². The van der Waals surface area contributed by atoms with Crippen molar-refractivity contribution in [2.45, 2.75) is 24.6 Å². The highest BCUT2D eigenvalue weighted by Crippen LogP contribution is 2.29. The number of hydrogen-bond donors (Lipinski definition) is 0. The number of pyridine rings is 1. The van der Waals surface area contributed by atoms with Gasteiger partial charge in [-0.3, -0.25) is 0 Å². The van der Waals surface area contributed by atoms with Crippen molar-refractivity contribution in [3.8, 4) is 6.07 Å². The summed E-state index contributed by atoms with van der Waals surface area (Å²) in [7, 11) is 1.37. The molecule has 0 amide bonds. The monoisotopic (exact) mass is 318 g/mol. The number of nitriles is 1. The Morgan fingerprint density at radius 3 is 2.90 bits per heavy atom. The molecule has 0 fully saturated rings. The van der Waals surface area contributed by atoms with Crippen LogP contribution in [0.4, 0.5) is 0 Å². The first-order valence-corrected chi connectivity index (χ1v) is 8.03. The summed E-state index contributed by atoms with van der Waals surface area (Å²) in [5, 5.41) is 9.97. The fraction of sp³-hybridized carbons (Fsp3) is 0.267. The van der Waals surface area contributed by atoms with Crippen molar-refractivity contribution in [3.05, 3.63) is 44.8 Å². The summed E-state index contributed by atoms with van der Waals surface area (Å²) in [5.41, 5.74) is 2.46. The SMILES string of the molecule is COC(=O)c1ccc(CSc2nc(C)cc(C)c2C#N)s1. The molecule has 4 nitrogen and oxygen atoms in total. The Hall–Kier alpha value is -1.84. The van der Waals surface area contributed by atoms with Crippen molar-refractivity contribution in [2.24, 2.45) is 0 Å². The van der Waals surface area contributed by atoms with Gasteiger partial charge < -0.3 is 4.74 Å². The molecule has 6 heteroatoms. The lowest BCUT2D eigenvalue weighted by atomic mass is 10.1. The lowest BCUT2D eigenvalue weighted by Crippen LogP contribution is -1.96. The van der Waals surface area contributed by atoms with Gasteiger partial charge in [0.2, 0.25) is 0 Å². The van der Waals surface area contributed by atoms with Crippen molar-refractivity contribution in [3.63, 3.8) is 0 Å². The van der Waals surface area contributed by atoms with E-state index in [-0.39, 0.29) is 5.97 Å². The van der Waals surface area contributed by atoms with E-state index >= 15 is 0 Å². The van der Waals surface area contributed by atoms with Gasteiger partial charge in [-0.05, 0) is 37.6 Å². The van der Waals surface area contributed by atoms with Crippen LogP contribution < -0.4 is 0 Å². The van der Waals surface area contributed by atoms with Gasteiger partial charge in [0.1, 0.15) is 16.0 Å². The van der Waals surface area contributed by atoms with Crippen LogP contribution in [0.5, 0.6) is 0 Å². The quantitative estimate of drug-likeness (QED) is 0.635. The number of esters is 1. The van der Waals surface area contributed by atoms with Gasteiger partial charge in [0.15, 0.2) is 0 Å². The highest BCUT2D eigenvalue weighted by atomic mass is 32.2. The number of rotatable bonds is 4. The van der Waals surface area contributed by atoms with Crippen molar-refractivity contribution in [1.29, 1.82) is 5.26 Å². The molecule has 0 saturated heterocycles. The van der Waals surface area contributed by atoms with Crippen molar-refractivity contribution in [1.82, 2.24) is 4.98 Å². The Bertz CT molecular complexity index is 717. The number of thioether (sulfide) groups is 1. The molecule has 0 spiro atoms. The van der Waals surface area contributed by atoms with E-state index < -0.39 is 0 Å². The van der Waals surface area contributed by atoms with Gasteiger partial charge in [0.05, 0.1) is 12.7 Å². The zero-order valence-corrected chi connectivity index (χ0v) is 13.6. The van der Waals surface area contributed by atoms with Crippen molar-refractivity contribution >= 4 is 29.1 Å². The van der Waals surface area contributed by atoms with E-state index in [4.69, 9.17) is 0 Å². The minimum atomic E-state index is -0.321. The first kappa shape index (κ1) is 15.5. The number of nitrogens with zero attached hydrogens (tertiary/aromatic N) is 2. The van der Waals surface area contributed by atoms with E-state index in [2.05, 4.69) is 15.8 Å². The summed E-state index contributed by atoms with van der Waals surface area (Å²) in [5.74, 6) is 0.352. The second-order valence-electron chi connectivity index (χ2n) is 4.42. The largest absolute Gasteiger partial charge is 0.465 e. The average molecular weight is 318 g/mol. The molecule has 2 heterocycles. The number of aryl methyl sites for hydroxylation is 2. The van der Waals surface area contributed by atoms with E-state index in [1.54, 1.807) is 6.07 Å². The van der Waals surface area contributed by atoms with Gasteiger partial charge in [0.25, 0.3) is 0 Å². The molecule has 108 valence electrons. The Balaban J connectivity index is 2.15. The molecule has 21 heavy (non-hydrogen) atoms. The standard InChI is InChI=1S/C15H14N2O2S2/c1-9-6-10(2)17-14(12(9)7-16)20-8-11-4-5-13(21-11)15(18)19-3/h4-6H,8H2,1-3H3. The predicted molar refractivity (Wildman–Crippen MR) is 83.6 cm³/mol. The second-order valence-corrected chi connectivity index (χ2v) is 6.55. The predicted octanol–water partition coefficient (Wildman–Crippen LogP) is 3.71. The van der Waals surface area contributed by atoms with Gasteiger partial charge >= 0.3 is 5.97 Å². The number of aromatic nitrogens is 1. The molecule has 0 atom stereocenters. The van der Waals surface area contributed by atoms with E-state index in [1.165, 1.54) is 30.2 Å². The zero-order valence-electron chi connectivity index (χ0n) is 12.0. The average Bonchev–Trinajstić information content (AvgIpc) is 2.92.